The molecule has 0 unspecified atom stereocenters. The van der Waals surface area contributed by atoms with Crippen molar-refractivity contribution in [3.8, 4) is 0 Å². The maximum Gasteiger partial charge on any atom is 0.365 e. The lowest BCUT2D eigenvalue weighted by Crippen LogP contribution is -2.50. The van der Waals surface area contributed by atoms with E-state index in [0.29, 0.717) is 32.1 Å². The molecule has 0 atom stereocenters. The molecule has 1 fully saturated rings. The van der Waals surface area contributed by atoms with Crippen molar-refractivity contribution in [1.82, 2.24) is 9.80 Å². The number of nitrogens with zero attached hydrogens (tertiary/aromatic N) is 4. The minimum Gasteiger partial charge on any atom is -0.402 e. The average Bonchev–Trinajstić information content (AvgIpc) is 3.34. The fraction of sp³-hybridized carbons (Fsp3) is 0.129. The normalized spacial score (nSPS) is 16.5. The summed E-state index contributed by atoms with van der Waals surface area (Å²) < 4.78 is 5.54. The molecule has 2 aliphatic heterocycles. The zero-order valence-electron chi connectivity index (χ0n) is 20.7. The molecule has 6 rings (SSSR count). The highest BCUT2D eigenvalue weighted by Crippen LogP contribution is 2.28. The third-order valence-electron chi connectivity index (χ3n) is 6.75. The number of piperazine rings is 1. The van der Waals surface area contributed by atoms with Crippen LogP contribution < -0.4 is 4.90 Å². The van der Waals surface area contributed by atoms with Gasteiger partial charge in [0.05, 0.1) is 11.4 Å². The third kappa shape index (κ3) is 4.62. The summed E-state index contributed by atoms with van der Waals surface area (Å²) in [6.07, 6.45) is 1.74. The summed E-state index contributed by atoms with van der Waals surface area (Å²) in [5.74, 6) is -0.154. The van der Waals surface area contributed by atoms with Crippen LogP contribution in [0.15, 0.2) is 120 Å². The molecule has 4 aromatic rings. The molecule has 0 aromatic heterocycles. The van der Waals surface area contributed by atoms with Crippen molar-refractivity contribution in [2.24, 2.45) is 4.99 Å². The molecule has 2 amide bonds. The van der Waals surface area contributed by atoms with E-state index in [4.69, 9.17) is 4.74 Å². The minimum absolute atomic E-state index is 0.0776. The first kappa shape index (κ1) is 23.5. The summed E-state index contributed by atoms with van der Waals surface area (Å²) in [4.78, 5) is 36.4. The van der Waals surface area contributed by atoms with Gasteiger partial charge in [0.2, 0.25) is 5.90 Å². The number of amides is 2. The zero-order chi connectivity index (χ0) is 25.9. The lowest BCUT2D eigenvalue weighted by Gasteiger charge is -2.37. The first-order valence-electron chi connectivity index (χ1n) is 12.6. The molecule has 1 saturated heterocycles. The second-order valence-electron chi connectivity index (χ2n) is 9.16. The van der Waals surface area contributed by atoms with Gasteiger partial charge in [-0.05, 0) is 41.1 Å². The molecule has 2 heterocycles. The lowest BCUT2D eigenvalue weighted by molar-refractivity contribution is -0.130. The number of anilines is 2. The monoisotopic (exact) mass is 502 g/mol. The summed E-state index contributed by atoms with van der Waals surface area (Å²) in [5, 5.41) is 2.04. The fourth-order valence-corrected chi connectivity index (χ4v) is 4.81. The summed E-state index contributed by atoms with van der Waals surface area (Å²) in [5.41, 5.74) is 2.69. The van der Waals surface area contributed by atoms with Gasteiger partial charge in [0.15, 0.2) is 5.70 Å². The van der Waals surface area contributed by atoms with E-state index in [1.165, 1.54) is 0 Å². The van der Waals surface area contributed by atoms with Crippen LogP contribution in [0.5, 0.6) is 0 Å². The number of benzene rings is 4. The number of hydrogen-bond acceptors (Lipinski definition) is 5. The van der Waals surface area contributed by atoms with E-state index in [9.17, 15) is 9.59 Å². The first-order valence-corrected chi connectivity index (χ1v) is 12.6. The van der Waals surface area contributed by atoms with E-state index in [0.717, 1.165) is 27.7 Å². The maximum atomic E-state index is 13.6. The number of esters is 1. The summed E-state index contributed by atoms with van der Waals surface area (Å²) in [6, 6.07) is 33.0. The Kier molecular flexibility index (Phi) is 6.32. The van der Waals surface area contributed by atoms with Crippen LogP contribution in [0.4, 0.5) is 16.2 Å². The summed E-state index contributed by atoms with van der Waals surface area (Å²) >= 11 is 0. The molecular weight excluding hydrogens is 476 g/mol. The number of carbonyl (C=O) groups is 2. The number of carbonyl (C=O) groups excluding carboxylic acids is 2. The van der Waals surface area contributed by atoms with Gasteiger partial charge in [0.25, 0.3) is 0 Å². The molecule has 7 nitrogen and oxygen atoms in total. The predicted molar refractivity (Wildman–Crippen MR) is 148 cm³/mol. The van der Waals surface area contributed by atoms with Crippen LogP contribution in [-0.2, 0) is 9.53 Å². The number of aliphatic imine (C=N–C) groups is 1. The molecule has 2 aliphatic rings. The Balaban J connectivity index is 1.18. The van der Waals surface area contributed by atoms with E-state index in [1.54, 1.807) is 11.1 Å². The Morgan fingerprint density at radius 2 is 1.37 bits per heavy atom. The van der Waals surface area contributed by atoms with E-state index < -0.39 is 5.97 Å². The molecule has 7 heteroatoms. The highest BCUT2D eigenvalue weighted by Gasteiger charge is 2.29. The highest BCUT2D eigenvalue weighted by molar-refractivity contribution is 6.16. The standard InChI is InChI=1S/C31H26N4O3/c36-30-28(32-29(38-30)27-17-9-11-23-10-7-8-16-26(23)27)22-33-18-20-34(21-19-33)31(37)35(24-12-3-1-4-13-24)25-14-5-2-6-15-25/h1-17,22H,18-21H2. The van der Waals surface area contributed by atoms with Gasteiger partial charge in [0, 0.05) is 37.9 Å². The van der Waals surface area contributed by atoms with Crippen molar-refractivity contribution in [2.75, 3.05) is 31.1 Å². The van der Waals surface area contributed by atoms with Gasteiger partial charge in [-0.2, -0.15) is 0 Å². The van der Waals surface area contributed by atoms with Crippen LogP contribution >= 0.6 is 0 Å². The lowest BCUT2D eigenvalue weighted by atomic mass is 10.0. The average molecular weight is 503 g/mol. The minimum atomic E-state index is -0.467. The number of hydrogen-bond donors (Lipinski definition) is 0. The zero-order valence-corrected chi connectivity index (χ0v) is 20.7. The number of ether oxygens (including phenoxy) is 1. The number of fused-ring (bicyclic) bond motifs is 1. The molecule has 4 aromatic carbocycles. The Bertz CT molecular complexity index is 1500. The van der Waals surface area contributed by atoms with Gasteiger partial charge in [-0.3, -0.25) is 4.90 Å². The number of urea groups is 1. The molecule has 0 N–H and O–H groups in total. The van der Waals surface area contributed by atoms with Gasteiger partial charge in [-0.25, -0.2) is 14.6 Å². The van der Waals surface area contributed by atoms with Gasteiger partial charge in [-0.15, -0.1) is 0 Å². The maximum absolute atomic E-state index is 13.6. The van der Waals surface area contributed by atoms with Crippen LogP contribution in [0.2, 0.25) is 0 Å². The molecule has 0 saturated carbocycles. The van der Waals surface area contributed by atoms with Crippen molar-refractivity contribution in [3.63, 3.8) is 0 Å². The molecule has 0 radical (unpaired) electrons. The van der Waals surface area contributed by atoms with Crippen molar-refractivity contribution in [3.05, 3.63) is 121 Å². The SMILES string of the molecule is O=C1OC(c2cccc3ccccc23)=NC1=CN1CCN(C(=O)N(c2ccccc2)c2ccccc2)CC1. The van der Waals surface area contributed by atoms with Gasteiger partial charge in [-0.1, -0.05) is 72.8 Å². The second-order valence-corrected chi connectivity index (χ2v) is 9.16. The van der Waals surface area contributed by atoms with Crippen LogP contribution in [-0.4, -0.2) is 53.9 Å². The molecule has 38 heavy (non-hydrogen) atoms. The molecular formula is C31H26N4O3. The highest BCUT2D eigenvalue weighted by atomic mass is 16.6. The van der Waals surface area contributed by atoms with Crippen molar-refractivity contribution in [2.45, 2.75) is 0 Å². The van der Waals surface area contributed by atoms with Crippen LogP contribution in [0, 0.1) is 0 Å². The number of cyclic esters (lactones) is 1. The van der Waals surface area contributed by atoms with Gasteiger partial charge < -0.3 is 14.5 Å². The van der Waals surface area contributed by atoms with Gasteiger partial charge >= 0.3 is 12.0 Å². The smallest absolute Gasteiger partial charge is 0.365 e. The third-order valence-corrected chi connectivity index (χ3v) is 6.75. The van der Waals surface area contributed by atoms with E-state index >= 15 is 0 Å². The van der Waals surface area contributed by atoms with Crippen LogP contribution in [0.1, 0.15) is 5.56 Å². The Labute approximate surface area is 220 Å². The fourth-order valence-electron chi connectivity index (χ4n) is 4.81. The Morgan fingerprint density at radius 3 is 2.05 bits per heavy atom. The van der Waals surface area contributed by atoms with Crippen LogP contribution in [0.3, 0.4) is 0 Å². The van der Waals surface area contributed by atoms with Crippen molar-refractivity contribution in [1.29, 1.82) is 0 Å². The quantitative estimate of drug-likeness (QED) is 0.271. The second kappa shape index (κ2) is 10.2. The molecule has 0 bridgehead atoms. The number of rotatable bonds is 4. The topological polar surface area (TPSA) is 65.5 Å². The molecule has 188 valence electrons. The Hall–Kier alpha value is -4.91. The summed E-state index contributed by atoms with van der Waals surface area (Å²) in [6.45, 7) is 2.21. The summed E-state index contributed by atoms with van der Waals surface area (Å²) in [7, 11) is 0. The largest absolute Gasteiger partial charge is 0.402 e. The van der Waals surface area contributed by atoms with E-state index in [-0.39, 0.29) is 11.7 Å². The predicted octanol–water partition coefficient (Wildman–Crippen LogP) is 5.56. The molecule has 0 spiro atoms. The van der Waals surface area contributed by atoms with E-state index in [1.807, 2.05) is 113 Å². The Morgan fingerprint density at radius 1 is 0.763 bits per heavy atom. The van der Waals surface area contributed by atoms with E-state index in [2.05, 4.69) is 4.99 Å². The van der Waals surface area contributed by atoms with Crippen molar-refractivity contribution >= 4 is 40.0 Å². The van der Waals surface area contributed by atoms with Crippen LogP contribution in [0.25, 0.3) is 10.8 Å². The van der Waals surface area contributed by atoms with Gasteiger partial charge in [0.1, 0.15) is 0 Å². The first-order chi connectivity index (χ1) is 18.7. The van der Waals surface area contributed by atoms with Crippen molar-refractivity contribution < 1.29 is 14.3 Å². The number of para-hydroxylation sites is 2. The molecule has 0 aliphatic carbocycles.